The molecule has 3 aromatic rings. The molecular formula is C15H13N3O3. The SMILES string of the molecule is COc1ccc(-c2c(-c3cccc(=O)[nH]3)noc2N)cc1. The van der Waals surface area contributed by atoms with Gasteiger partial charge in [-0.3, -0.25) is 4.79 Å². The van der Waals surface area contributed by atoms with Crippen LogP contribution < -0.4 is 16.0 Å². The van der Waals surface area contributed by atoms with Crippen molar-refractivity contribution in [2.75, 3.05) is 12.8 Å². The number of aromatic nitrogens is 2. The minimum atomic E-state index is -0.213. The van der Waals surface area contributed by atoms with E-state index in [1.54, 1.807) is 19.2 Å². The predicted molar refractivity (Wildman–Crippen MR) is 79.0 cm³/mol. The summed E-state index contributed by atoms with van der Waals surface area (Å²) in [5.74, 6) is 0.934. The summed E-state index contributed by atoms with van der Waals surface area (Å²) in [5, 5.41) is 3.94. The number of nitrogens with one attached hydrogen (secondary N) is 1. The second-order valence-corrected chi connectivity index (χ2v) is 4.43. The van der Waals surface area contributed by atoms with Gasteiger partial charge in [0.05, 0.1) is 18.4 Å². The number of nitrogens with zero attached hydrogens (tertiary/aromatic N) is 1. The average Bonchev–Trinajstić information content (AvgIpc) is 2.89. The molecule has 0 bridgehead atoms. The van der Waals surface area contributed by atoms with Crippen LogP contribution in [0.5, 0.6) is 5.75 Å². The third-order valence-electron chi connectivity index (χ3n) is 3.12. The number of nitrogens with two attached hydrogens (primary N) is 1. The summed E-state index contributed by atoms with van der Waals surface area (Å²) in [6, 6.07) is 12.2. The molecule has 0 aliphatic heterocycles. The highest BCUT2D eigenvalue weighted by Gasteiger charge is 2.18. The first kappa shape index (κ1) is 13.0. The molecule has 0 radical (unpaired) electrons. The van der Waals surface area contributed by atoms with Crippen LogP contribution in [0.2, 0.25) is 0 Å². The zero-order valence-corrected chi connectivity index (χ0v) is 11.3. The Balaban J connectivity index is 2.14. The number of ether oxygens (including phenoxy) is 1. The monoisotopic (exact) mass is 283 g/mol. The lowest BCUT2D eigenvalue weighted by Crippen LogP contribution is -2.04. The van der Waals surface area contributed by atoms with Crippen LogP contribution in [-0.2, 0) is 0 Å². The van der Waals surface area contributed by atoms with Crippen LogP contribution >= 0.6 is 0 Å². The van der Waals surface area contributed by atoms with Crippen molar-refractivity contribution in [3.8, 4) is 28.3 Å². The molecule has 6 nitrogen and oxygen atoms in total. The number of methoxy groups -OCH3 is 1. The molecule has 3 N–H and O–H groups in total. The highest BCUT2D eigenvalue weighted by Crippen LogP contribution is 2.35. The normalized spacial score (nSPS) is 10.5. The summed E-state index contributed by atoms with van der Waals surface area (Å²) in [6.45, 7) is 0. The first-order valence-electron chi connectivity index (χ1n) is 6.28. The van der Waals surface area contributed by atoms with E-state index in [4.69, 9.17) is 15.0 Å². The molecule has 6 heteroatoms. The maximum absolute atomic E-state index is 11.4. The Kier molecular flexibility index (Phi) is 3.19. The fourth-order valence-corrected chi connectivity index (χ4v) is 2.11. The van der Waals surface area contributed by atoms with Gasteiger partial charge in [0.1, 0.15) is 11.4 Å². The smallest absolute Gasteiger partial charge is 0.248 e. The van der Waals surface area contributed by atoms with Gasteiger partial charge in [0, 0.05) is 6.07 Å². The van der Waals surface area contributed by atoms with Crippen LogP contribution in [0.4, 0.5) is 5.88 Å². The van der Waals surface area contributed by atoms with Crippen LogP contribution in [0, 0.1) is 0 Å². The summed E-state index contributed by atoms with van der Waals surface area (Å²) >= 11 is 0. The quantitative estimate of drug-likeness (QED) is 0.769. The van der Waals surface area contributed by atoms with Gasteiger partial charge in [-0.25, -0.2) is 0 Å². The molecule has 3 rings (SSSR count). The fraction of sp³-hybridized carbons (Fsp3) is 0.0667. The van der Waals surface area contributed by atoms with Gasteiger partial charge >= 0.3 is 0 Å². The van der Waals surface area contributed by atoms with Crippen molar-refractivity contribution in [3.63, 3.8) is 0 Å². The van der Waals surface area contributed by atoms with E-state index in [-0.39, 0.29) is 11.4 Å². The maximum Gasteiger partial charge on any atom is 0.248 e. The van der Waals surface area contributed by atoms with Gasteiger partial charge in [-0.1, -0.05) is 23.4 Å². The van der Waals surface area contributed by atoms with Crippen LogP contribution in [-0.4, -0.2) is 17.3 Å². The van der Waals surface area contributed by atoms with E-state index < -0.39 is 0 Å². The van der Waals surface area contributed by atoms with E-state index in [0.29, 0.717) is 17.0 Å². The van der Waals surface area contributed by atoms with E-state index in [2.05, 4.69) is 10.1 Å². The molecule has 0 aliphatic rings. The molecule has 21 heavy (non-hydrogen) atoms. The first-order chi connectivity index (χ1) is 10.2. The van der Waals surface area contributed by atoms with Crippen molar-refractivity contribution in [3.05, 3.63) is 52.8 Å². The summed E-state index contributed by atoms with van der Waals surface area (Å²) < 4.78 is 10.2. The van der Waals surface area contributed by atoms with Gasteiger partial charge in [0.2, 0.25) is 11.4 Å². The molecule has 1 aromatic carbocycles. The maximum atomic E-state index is 11.4. The molecule has 106 valence electrons. The molecule has 0 spiro atoms. The zero-order chi connectivity index (χ0) is 14.8. The Morgan fingerprint density at radius 3 is 2.62 bits per heavy atom. The Morgan fingerprint density at radius 1 is 1.19 bits per heavy atom. The number of nitrogen functional groups attached to an aromatic ring is 1. The number of aromatic amines is 1. The lowest BCUT2D eigenvalue weighted by molar-refractivity contribution is 0.415. The Labute approximate surface area is 120 Å². The fourth-order valence-electron chi connectivity index (χ4n) is 2.11. The van der Waals surface area contributed by atoms with E-state index in [9.17, 15) is 4.79 Å². The van der Waals surface area contributed by atoms with Crippen molar-refractivity contribution < 1.29 is 9.26 Å². The van der Waals surface area contributed by atoms with Crippen molar-refractivity contribution in [2.45, 2.75) is 0 Å². The van der Waals surface area contributed by atoms with Gasteiger partial charge < -0.3 is 20.0 Å². The molecule has 2 aromatic heterocycles. The minimum absolute atomic E-state index is 0.194. The van der Waals surface area contributed by atoms with Crippen molar-refractivity contribution in [1.29, 1.82) is 0 Å². The second-order valence-electron chi connectivity index (χ2n) is 4.43. The summed E-state index contributed by atoms with van der Waals surface area (Å²) in [7, 11) is 1.60. The van der Waals surface area contributed by atoms with E-state index in [1.807, 2.05) is 24.3 Å². The number of hydrogen-bond donors (Lipinski definition) is 2. The summed E-state index contributed by atoms with van der Waals surface area (Å²) in [4.78, 5) is 14.2. The van der Waals surface area contributed by atoms with E-state index in [0.717, 1.165) is 11.3 Å². The molecular weight excluding hydrogens is 270 g/mol. The van der Waals surface area contributed by atoms with Crippen LogP contribution in [0.3, 0.4) is 0 Å². The molecule has 0 saturated carbocycles. The van der Waals surface area contributed by atoms with E-state index in [1.165, 1.54) is 6.07 Å². The largest absolute Gasteiger partial charge is 0.497 e. The topological polar surface area (TPSA) is 94.1 Å². The number of benzene rings is 1. The standard InChI is InChI=1S/C15H13N3O3/c1-20-10-7-5-9(6-8-10)13-14(18-21-15(13)16)11-3-2-4-12(19)17-11/h2-8H,16H2,1H3,(H,17,19). The van der Waals surface area contributed by atoms with Crippen molar-refractivity contribution in [2.24, 2.45) is 0 Å². The number of H-pyrrole nitrogens is 1. The number of pyridine rings is 1. The molecule has 0 unspecified atom stereocenters. The van der Waals surface area contributed by atoms with Gasteiger partial charge in [-0.05, 0) is 23.8 Å². The molecule has 0 aliphatic carbocycles. The summed E-state index contributed by atoms with van der Waals surface area (Å²) in [6.07, 6.45) is 0. The second kappa shape index (κ2) is 5.16. The number of rotatable bonds is 3. The molecule has 2 heterocycles. The highest BCUT2D eigenvalue weighted by molar-refractivity contribution is 5.85. The van der Waals surface area contributed by atoms with Gasteiger partial charge in [0.15, 0.2) is 0 Å². The molecule has 0 fully saturated rings. The van der Waals surface area contributed by atoms with Gasteiger partial charge in [-0.2, -0.15) is 0 Å². The molecule has 0 saturated heterocycles. The Bertz CT molecular complexity index is 819. The lowest BCUT2D eigenvalue weighted by atomic mass is 10.0. The van der Waals surface area contributed by atoms with Crippen LogP contribution in [0.25, 0.3) is 22.5 Å². The predicted octanol–water partition coefficient (Wildman–Crippen LogP) is 2.29. The van der Waals surface area contributed by atoms with Crippen LogP contribution in [0.1, 0.15) is 0 Å². The van der Waals surface area contributed by atoms with Crippen molar-refractivity contribution >= 4 is 5.88 Å². The van der Waals surface area contributed by atoms with E-state index >= 15 is 0 Å². The Hall–Kier alpha value is -3.02. The molecule has 0 atom stereocenters. The van der Waals surface area contributed by atoms with Crippen molar-refractivity contribution in [1.82, 2.24) is 10.1 Å². The first-order valence-corrected chi connectivity index (χ1v) is 6.28. The zero-order valence-electron chi connectivity index (χ0n) is 11.3. The highest BCUT2D eigenvalue weighted by atomic mass is 16.5. The van der Waals surface area contributed by atoms with Crippen LogP contribution in [0.15, 0.2) is 51.8 Å². The third-order valence-corrected chi connectivity index (χ3v) is 3.12. The molecule has 0 amide bonds. The Morgan fingerprint density at radius 2 is 1.95 bits per heavy atom. The van der Waals surface area contributed by atoms with Gasteiger partial charge in [0.25, 0.3) is 0 Å². The number of anilines is 1. The lowest BCUT2D eigenvalue weighted by Gasteiger charge is -2.04. The minimum Gasteiger partial charge on any atom is -0.497 e. The third kappa shape index (κ3) is 2.38. The average molecular weight is 283 g/mol. The van der Waals surface area contributed by atoms with Gasteiger partial charge in [-0.15, -0.1) is 0 Å². The summed E-state index contributed by atoms with van der Waals surface area (Å²) in [5.41, 5.74) is 8.17. The number of hydrogen-bond acceptors (Lipinski definition) is 5.